The van der Waals surface area contributed by atoms with Gasteiger partial charge in [-0.2, -0.15) is 0 Å². The second-order valence-electron chi connectivity index (χ2n) is 9.93. The summed E-state index contributed by atoms with van der Waals surface area (Å²) >= 11 is 1.53. The molecule has 196 valence electrons. The van der Waals surface area contributed by atoms with Gasteiger partial charge in [-0.05, 0) is 56.9 Å². The predicted molar refractivity (Wildman–Crippen MR) is 142 cm³/mol. The Kier molecular flexibility index (Phi) is 7.71. The average molecular weight is 516 g/mol. The quantitative estimate of drug-likeness (QED) is 0.437. The number of benzene rings is 1. The highest BCUT2D eigenvalue weighted by atomic mass is 32.2. The molecule has 1 aromatic rings. The summed E-state index contributed by atoms with van der Waals surface area (Å²) in [5.74, 6) is -2.98. The fourth-order valence-corrected chi connectivity index (χ4v) is 9.00. The van der Waals surface area contributed by atoms with Gasteiger partial charge in [-0.25, -0.2) is 0 Å². The van der Waals surface area contributed by atoms with Crippen molar-refractivity contribution in [3.05, 3.63) is 36.9 Å². The molecule has 2 bridgehead atoms. The number of carboxylic acids is 1. The summed E-state index contributed by atoms with van der Waals surface area (Å²) < 4.78 is -0.794. The highest BCUT2D eigenvalue weighted by molar-refractivity contribution is 8.02. The summed E-state index contributed by atoms with van der Waals surface area (Å²) in [6.45, 7) is 12.2. The van der Waals surface area contributed by atoms with Gasteiger partial charge in [0, 0.05) is 49.4 Å². The van der Waals surface area contributed by atoms with E-state index in [2.05, 4.69) is 25.3 Å². The van der Waals surface area contributed by atoms with E-state index in [0.717, 1.165) is 18.8 Å². The molecule has 6 atom stereocenters. The Balaban J connectivity index is 1.75. The SMILES string of the molecule is C=CCN(C(=O)C1N(CCCO)C(=O)[C@@H]2[C@H](C(=O)O)[C@@H]3CC(C)C12S3)c1ccc(N(CC)CC)cc1. The van der Waals surface area contributed by atoms with Gasteiger partial charge >= 0.3 is 5.97 Å². The average Bonchev–Trinajstić information content (AvgIpc) is 3.45. The Morgan fingerprint density at radius 2 is 1.86 bits per heavy atom. The molecule has 0 aromatic heterocycles. The van der Waals surface area contributed by atoms with E-state index in [-0.39, 0.29) is 42.7 Å². The number of carbonyl (C=O) groups excluding carboxylic acids is 2. The summed E-state index contributed by atoms with van der Waals surface area (Å²) in [4.78, 5) is 45.8. The maximum Gasteiger partial charge on any atom is 0.308 e. The maximum absolute atomic E-state index is 14.4. The summed E-state index contributed by atoms with van der Waals surface area (Å²) in [5.41, 5.74) is 1.78. The number of fused-ring (bicyclic) bond motifs is 1. The van der Waals surface area contributed by atoms with Crippen LogP contribution in [0.4, 0.5) is 11.4 Å². The van der Waals surface area contributed by atoms with Crippen LogP contribution in [0.1, 0.15) is 33.6 Å². The largest absolute Gasteiger partial charge is 0.481 e. The first-order valence-electron chi connectivity index (χ1n) is 12.9. The smallest absolute Gasteiger partial charge is 0.308 e. The highest BCUT2D eigenvalue weighted by Gasteiger charge is 2.76. The van der Waals surface area contributed by atoms with Crippen LogP contribution < -0.4 is 9.80 Å². The van der Waals surface area contributed by atoms with Crippen LogP contribution in [0.25, 0.3) is 0 Å². The molecular formula is C27H37N3O5S. The zero-order valence-electron chi connectivity index (χ0n) is 21.3. The number of amides is 2. The molecule has 3 saturated heterocycles. The molecule has 9 heteroatoms. The number of aliphatic hydroxyl groups is 1. The van der Waals surface area contributed by atoms with E-state index >= 15 is 0 Å². The molecule has 3 fully saturated rings. The fourth-order valence-electron chi connectivity index (χ4n) is 6.59. The van der Waals surface area contributed by atoms with Crippen molar-refractivity contribution in [3.63, 3.8) is 0 Å². The summed E-state index contributed by atoms with van der Waals surface area (Å²) in [7, 11) is 0. The van der Waals surface area contributed by atoms with Crippen LogP contribution in [-0.4, -0.2) is 81.7 Å². The Bertz CT molecular complexity index is 1010. The number of carboxylic acid groups (broad SMARTS) is 1. The molecule has 3 aliphatic heterocycles. The van der Waals surface area contributed by atoms with E-state index in [4.69, 9.17) is 0 Å². The number of hydrogen-bond donors (Lipinski definition) is 2. The Hall–Kier alpha value is -2.52. The number of carbonyl (C=O) groups is 3. The third kappa shape index (κ3) is 4.00. The summed E-state index contributed by atoms with van der Waals surface area (Å²) in [6, 6.07) is 7.03. The second-order valence-corrected chi connectivity index (χ2v) is 11.5. The van der Waals surface area contributed by atoms with Crippen molar-refractivity contribution in [2.24, 2.45) is 17.8 Å². The molecule has 2 N–H and O–H groups in total. The summed E-state index contributed by atoms with van der Waals surface area (Å²) in [5, 5.41) is 19.3. The van der Waals surface area contributed by atoms with Crippen LogP contribution >= 0.6 is 11.8 Å². The van der Waals surface area contributed by atoms with Gasteiger partial charge in [0.1, 0.15) is 6.04 Å². The molecule has 1 spiro atoms. The number of nitrogens with zero attached hydrogens (tertiary/aromatic N) is 3. The van der Waals surface area contributed by atoms with E-state index in [0.29, 0.717) is 18.5 Å². The number of aliphatic carboxylic acids is 1. The van der Waals surface area contributed by atoms with Crippen molar-refractivity contribution in [1.29, 1.82) is 0 Å². The minimum absolute atomic E-state index is 0.0146. The molecule has 0 aliphatic carbocycles. The first-order chi connectivity index (χ1) is 17.3. The van der Waals surface area contributed by atoms with Gasteiger partial charge in [0.15, 0.2) is 0 Å². The van der Waals surface area contributed by atoms with Gasteiger partial charge in [0.2, 0.25) is 5.91 Å². The van der Waals surface area contributed by atoms with Gasteiger partial charge in [-0.15, -0.1) is 18.3 Å². The lowest BCUT2D eigenvalue weighted by atomic mass is 9.66. The zero-order valence-corrected chi connectivity index (χ0v) is 22.1. The van der Waals surface area contributed by atoms with Gasteiger partial charge in [-0.3, -0.25) is 14.4 Å². The van der Waals surface area contributed by atoms with Crippen molar-refractivity contribution >= 4 is 40.9 Å². The zero-order chi connectivity index (χ0) is 26.2. The molecule has 3 heterocycles. The van der Waals surface area contributed by atoms with Gasteiger partial charge in [0.05, 0.1) is 16.6 Å². The topological polar surface area (TPSA) is 101 Å². The van der Waals surface area contributed by atoms with Crippen LogP contribution in [0.2, 0.25) is 0 Å². The molecule has 0 radical (unpaired) electrons. The van der Waals surface area contributed by atoms with Crippen LogP contribution in [0, 0.1) is 17.8 Å². The summed E-state index contributed by atoms with van der Waals surface area (Å²) in [6.07, 6.45) is 2.67. The predicted octanol–water partition coefficient (Wildman–Crippen LogP) is 2.86. The fraction of sp³-hybridized carbons (Fsp3) is 0.593. The Morgan fingerprint density at radius 1 is 1.22 bits per heavy atom. The Labute approximate surface area is 217 Å². The van der Waals surface area contributed by atoms with Crippen molar-refractivity contribution in [2.45, 2.75) is 49.7 Å². The van der Waals surface area contributed by atoms with Gasteiger partial charge in [-0.1, -0.05) is 13.0 Å². The van der Waals surface area contributed by atoms with Crippen molar-refractivity contribution < 1.29 is 24.6 Å². The number of aliphatic hydroxyl groups excluding tert-OH is 1. The second kappa shape index (κ2) is 10.5. The lowest BCUT2D eigenvalue weighted by Gasteiger charge is -2.40. The van der Waals surface area contributed by atoms with Gasteiger partial charge in [0.25, 0.3) is 5.91 Å². The van der Waals surface area contributed by atoms with Crippen LogP contribution in [-0.2, 0) is 14.4 Å². The van der Waals surface area contributed by atoms with E-state index in [1.54, 1.807) is 15.9 Å². The van der Waals surface area contributed by atoms with Gasteiger partial charge < -0.3 is 24.9 Å². The van der Waals surface area contributed by atoms with Crippen molar-refractivity contribution in [3.8, 4) is 0 Å². The lowest BCUT2D eigenvalue weighted by molar-refractivity contribution is -0.149. The third-order valence-corrected chi connectivity index (χ3v) is 10.3. The lowest BCUT2D eigenvalue weighted by Crippen LogP contribution is -2.57. The molecule has 0 saturated carbocycles. The first-order valence-corrected chi connectivity index (χ1v) is 13.7. The molecular weight excluding hydrogens is 478 g/mol. The molecule has 1 aromatic carbocycles. The molecule has 36 heavy (non-hydrogen) atoms. The van der Waals surface area contributed by atoms with E-state index < -0.39 is 28.6 Å². The number of thioether (sulfide) groups is 1. The number of hydrogen-bond acceptors (Lipinski definition) is 6. The van der Waals surface area contributed by atoms with Crippen LogP contribution in [0.15, 0.2) is 36.9 Å². The minimum atomic E-state index is -0.968. The van der Waals surface area contributed by atoms with Crippen molar-refractivity contribution in [2.75, 3.05) is 42.6 Å². The molecule has 8 nitrogen and oxygen atoms in total. The molecule has 2 amide bonds. The normalized spacial score (nSPS) is 30.4. The number of likely N-dealkylation sites (tertiary alicyclic amines) is 1. The van der Waals surface area contributed by atoms with Crippen LogP contribution in [0.3, 0.4) is 0 Å². The van der Waals surface area contributed by atoms with Crippen molar-refractivity contribution in [1.82, 2.24) is 4.90 Å². The molecule has 3 aliphatic rings. The van der Waals surface area contributed by atoms with E-state index in [9.17, 15) is 24.6 Å². The van der Waals surface area contributed by atoms with E-state index in [1.165, 1.54) is 11.8 Å². The Morgan fingerprint density at radius 3 is 2.42 bits per heavy atom. The maximum atomic E-state index is 14.4. The molecule has 4 rings (SSSR count). The minimum Gasteiger partial charge on any atom is -0.481 e. The number of rotatable bonds is 11. The number of anilines is 2. The molecule has 3 unspecified atom stereocenters. The van der Waals surface area contributed by atoms with E-state index in [1.807, 2.05) is 31.2 Å². The monoisotopic (exact) mass is 515 g/mol. The third-order valence-electron chi connectivity index (χ3n) is 8.19. The van der Waals surface area contributed by atoms with Crippen LogP contribution in [0.5, 0.6) is 0 Å². The highest BCUT2D eigenvalue weighted by Crippen LogP contribution is 2.68. The first kappa shape index (κ1) is 26.5. The standard InChI is InChI=1S/C27H37N3O5S/c1-5-13-29(19-11-9-18(10-12-19)28(6-2)7-3)25(33)23-27-17(4)16-20(36-27)21(26(34)35)22(27)24(32)30(23)14-8-15-31/h5,9-12,17,20-23,31H,1,6-8,13-16H2,2-4H3,(H,34,35)/t17?,20-,21+,22-,23?,27?/m0/s1.